The van der Waals surface area contributed by atoms with Crippen molar-refractivity contribution in [2.24, 2.45) is 5.73 Å². The SMILES string of the molecule is CC(=O)CN.ClCCl.O. The van der Waals surface area contributed by atoms with Gasteiger partial charge in [0.2, 0.25) is 0 Å². The van der Waals surface area contributed by atoms with Gasteiger partial charge in [0.1, 0.15) is 5.78 Å². The molecule has 0 aliphatic carbocycles. The van der Waals surface area contributed by atoms with Crippen molar-refractivity contribution in [3.05, 3.63) is 0 Å². The second-order valence-electron chi connectivity index (χ2n) is 1.01. The topological polar surface area (TPSA) is 74.6 Å². The van der Waals surface area contributed by atoms with Gasteiger partial charge in [-0.15, -0.1) is 23.2 Å². The molecule has 0 heterocycles. The van der Waals surface area contributed by atoms with Gasteiger partial charge in [0.15, 0.2) is 0 Å². The molecule has 3 nitrogen and oxygen atoms in total. The van der Waals surface area contributed by atoms with E-state index in [9.17, 15) is 4.79 Å². The van der Waals surface area contributed by atoms with Crippen LogP contribution in [0.4, 0.5) is 0 Å². The molecule has 0 amide bonds. The molecule has 0 radical (unpaired) electrons. The first-order valence-electron chi connectivity index (χ1n) is 2.00. The minimum Gasteiger partial charge on any atom is -0.412 e. The lowest BCUT2D eigenvalue weighted by atomic mass is 10.5. The lowest BCUT2D eigenvalue weighted by Gasteiger charge is -1.73. The van der Waals surface area contributed by atoms with Crippen molar-refractivity contribution in [3.8, 4) is 0 Å². The van der Waals surface area contributed by atoms with E-state index in [1.807, 2.05) is 0 Å². The number of carbonyl (C=O) groups is 1. The number of Topliss-reactive ketones (excluding diaryl/α,β-unsaturated/α-hetero) is 1. The summed E-state index contributed by atoms with van der Waals surface area (Å²) >= 11 is 9.53. The molecule has 9 heavy (non-hydrogen) atoms. The number of nitrogens with two attached hydrogens (primary N) is 1. The molecule has 0 spiro atoms. The van der Waals surface area contributed by atoms with Gasteiger partial charge in [0.25, 0.3) is 0 Å². The molecule has 0 fully saturated rings. The van der Waals surface area contributed by atoms with Crippen LogP contribution in [-0.2, 0) is 4.79 Å². The average Bonchev–Trinajstić information content (AvgIpc) is 1.69. The van der Waals surface area contributed by atoms with Gasteiger partial charge in [-0.1, -0.05) is 0 Å². The van der Waals surface area contributed by atoms with E-state index in [2.05, 4.69) is 0 Å². The number of hydrogen-bond acceptors (Lipinski definition) is 2. The van der Waals surface area contributed by atoms with E-state index >= 15 is 0 Å². The highest BCUT2D eigenvalue weighted by atomic mass is 35.5. The molecule has 0 unspecified atom stereocenters. The highest BCUT2D eigenvalue weighted by molar-refractivity contribution is 6.40. The molecular formula is C4H11Cl2NO2. The van der Waals surface area contributed by atoms with Crippen molar-refractivity contribution in [3.63, 3.8) is 0 Å². The summed E-state index contributed by atoms with van der Waals surface area (Å²) in [7, 11) is 0. The maximum Gasteiger partial charge on any atom is 0.143 e. The van der Waals surface area contributed by atoms with E-state index in [4.69, 9.17) is 28.9 Å². The van der Waals surface area contributed by atoms with E-state index < -0.39 is 0 Å². The van der Waals surface area contributed by atoms with Crippen LogP contribution in [0.25, 0.3) is 0 Å². The molecule has 0 atom stereocenters. The van der Waals surface area contributed by atoms with Crippen LogP contribution in [0.2, 0.25) is 0 Å². The summed E-state index contributed by atoms with van der Waals surface area (Å²) in [6, 6.07) is 0. The predicted molar refractivity (Wildman–Crippen MR) is 39.9 cm³/mol. The quantitative estimate of drug-likeness (QED) is 0.576. The maximum atomic E-state index is 9.69. The van der Waals surface area contributed by atoms with Crippen molar-refractivity contribution in [2.75, 3.05) is 11.9 Å². The molecular weight excluding hydrogens is 165 g/mol. The van der Waals surface area contributed by atoms with Gasteiger partial charge in [0, 0.05) is 0 Å². The standard InChI is InChI=1S/C3H7NO.CH2Cl2.H2O/c1-3(5)2-4;2-1-3;/h2,4H2,1H3;1H2;1H2. The fraction of sp³-hybridized carbons (Fsp3) is 0.750. The first-order chi connectivity index (χ1) is 3.68. The lowest BCUT2D eigenvalue weighted by molar-refractivity contribution is -0.115. The van der Waals surface area contributed by atoms with E-state index in [1.54, 1.807) is 0 Å². The summed E-state index contributed by atoms with van der Waals surface area (Å²) in [5.41, 5.74) is 4.82. The Morgan fingerprint density at radius 3 is 1.67 bits per heavy atom. The molecule has 0 saturated carbocycles. The zero-order chi connectivity index (χ0) is 6.99. The third kappa shape index (κ3) is 66.1. The van der Waals surface area contributed by atoms with Crippen LogP contribution in [0.3, 0.4) is 0 Å². The fourth-order valence-corrected chi connectivity index (χ4v) is 0. The summed E-state index contributed by atoms with van der Waals surface area (Å²) in [5.74, 6) is 0.0324. The fourth-order valence-electron chi connectivity index (χ4n) is 0. The Bertz CT molecular complexity index is 60.5. The van der Waals surface area contributed by atoms with Gasteiger partial charge in [-0.2, -0.15) is 0 Å². The van der Waals surface area contributed by atoms with Crippen molar-refractivity contribution in [1.82, 2.24) is 0 Å². The molecule has 4 N–H and O–H groups in total. The van der Waals surface area contributed by atoms with Gasteiger partial charge in [-0.3, -0.25) is 4.79 Å². The van der Waals surface area contributed by atoms with E-state index in [-0.39, 0.29) is 23.1 Å². The van der Waals surface area contributed by atoms with E-state index in [0.29, 0.717) is 0 Å². The second kappa shape index (κ2) is 15.7. The Hall–Kier alpha value is 0.170. The predicted octanol–water partition coefficient (Wildman–Crippen LogP) is 0.131. The zero-order valence-corrected chi connectivity index (χ0v) is 6.67. The van der Waals surface area contributed by atoms with Crippen LogP contribution in [-0.4, -0.2) is 23.1 Å². The molecule has 0 aromatic heterocycles. The van der Waals surface area contributed by atoms with Crippen molar-refractivity contribution in [2.45, 2.75) is 6.92 Å². The number of alkyl halides is 2. The molecule has 58 valence electrons. The Kier molecular flexibility index (Phi) is 28.1. The number of ketones is 1. The molecule has 5 heteroatoms. The van der Waals surface area contributed by atoms with Crippen LogP contribution in [0.1, 0.15) is 6.92 Å². The summed E-state index contributed by atoms with van der Waals surface area (Å²) in [5, 5.41) is 0.194. The molecule has 0 aromatic rings. The molecule has 0 aromatic carbocycles. The highest BCUT2D eigenvalue weighted by Gasteiger charge is 1.76. The summed E-state index contributed by atoms with van der Waals surface area (Å²) < 4.78 is 0. The molecule has 0 aliphatic rings. The zero-order valence-electron chi connectivity index (χ0n) is 5.16. The third-order valence-electron chi connectivity index (χ3n) is 0.287. The summed E-state index contributed by atoms with van der Waals surface area (Å²) in [6.45, 7) is 1.62. The smallest absolute Gasteiger partial charge is 0.143 e. The van der Waals surface area contributed by atoms with Crippen molar-refractivity contribution in [1.29, 1.82) is 0 Å². The van der Waals surface area contributed by atoms with Crippen molar-refractivity contribution < 1.29 is 10.3 Å². The number of hydrogen-bond donors (Lipinski definition) is 1. The van der Waals surface area contributed by atoms with Gasteiger partial charge >= 0.3 is 0 Å². The third-order valence-corrected chi connectivity index (χ3v) is 0.287. The van der Waals surface area contributed by atoms with Crippen molar-refractivity contribution >= 4 is 29.0 Å². The number of rotatable bonds is 1. The minimum atomic E-state index is 0. The van der Waals surface area contributed by atoms with E-state index in [1.165, 1.54) is 6.92 Å². The Morgan fingerprint density at radius 2 is 1.67 bits per heavy atom. The van der Waals surface area contributed by atoms with Crippen LogP contribution in [0, 0.1) is 0 Å². The normalized spacial score (nSPS) is 6.22. The summed E-state index contributed by atoms with van der Waals surface area (Å²) in [6.07, 6.45) is 0. The lowest BCUT2D eigenvalue weighted by Crippen LogP contribution is -2.07. The van der Waals surface area contributed by atoms with Crippen LogP contribution in [0.5, 0.6) is 0 Å². The molecule has 0 bridgehead atoms. The monoisotopic (exact) mass is 175 g/mol. The Labute approximate surface area is 64.4 Å². The maximum absolute atomic E-state index is 9.69. The van der Waals surface area contributed by atoms with Gasteiger partial charge in [-0.05, 0) is 6.92 Å². The van der Waals surface area contributed by atoms with Gasteiger partial charge in [0.05, 0.1) is 11.9 Å². The highest BCUT2D eigenvalue weighted by Crippen LogP contribution is 1.73. The number of carbonyl (C=O) groups excluding carboxylic acids is 1. The first-order valence-corrected chi connectivity index (χ1v) is 3.07. The van der Waals surface area contributed by atoms with Gasteiger partial charge in [-0.25, -0.2) is 0 Å². The van der Waals surface area contributed by atoms with E-state index in [0.717, 1.165) is 0 Å². The van der Waals surface area contributed by atoms with Crippen LogP contribution < -0.4 is 5.73 Å². The Balaban J connectivity index is -0.0000000800. The van der Waals surface area contributed by atoms with Gasteiger partial charge < -0.3 is 11.2 Å². The number of halogens is 2. The first kappa shape index (κ1) is 16.1. The molecule has 0 aliphatic heterocycles. The Morgan fingerprint density at radius 1 is 1.56 bits per heavy atom. The van der Waals surface area contributed by atoms with Crippen LogP contribution >= 0.6 is 23.2 Å². The van der Waals surface area contributed by atoms with Crippen LogP contribution in [0.15, 0.2) is 0 Å². The largest absolute Gasteiger partial charge is 0.412 e. The minimum absolute atomic E-state index is 0. The second-order valence-corrected chi connectivity index (χ2v) is 1.82. The molecule has 0 rings (SSSR count). The summed E-state index contributed by atoms with van der Waals surface area (Å²) in [4.78, 5) is 9.69. The molecule has 0 saturated heterocycles. The average molecular weight is 176 g/mol.